The van der Waals surface area contributed by atoms with Crippen molar-refractivity contribution in [2.75, 3.05) is 9.80 Å². The molecule has 4 aliphatic rings. The Morgan fingerprint density at radius 2 is 0.750 bits per heavy atom. The molecule has 4 fully saturated rings. The molecule has 0 radical (unpaired) electrons. The third-order valence-electron chi connectivity index (χ3n) is 9.18. The molecule has 4 aromatic carbocycles. The summed E-state index contributed by atoms with van der Waals surface area (Å²) in [6.07, 6.45) is 0. The molecular weight excluding hydrogens is 599 g/mol. The van der Waals surface area contributed by atoms with E-state index in [0.29, 0.717) is 21.4 Å². The van der Waals surface area contributed by atoms with Gasteiger partial charge in [0.2, 0.25) is 11.8 Å². The highest BCUT2D eigenvalue weighted by Gasteiger charge is 2.73. The number of nitrogens with zero attached hydrogens (tertiary/aromatic N) is 4. The summed E-state index contributed by atoms with van der Waals surface area (Å²) >= 11 is 12.5. The highest BCUT2D eigenvalue weighted by Crippen LogP contribution is 2.59. The molecule has 0 bridgehead atoms. The third kappa shape index (κ3) is 3.78. The van der Waals surface area contributed by atoms with Crippen molar-refractivity contribution >= 4 is 58.2 Å². The molecule has 0 unspecified atom stereocenters. The Bertz CT molecular complexity index is 1690. The van der Waals surface area contributed by atoms with Gasteiger partial charge in [-0.3, -0.25) is 19.2 Å². The first-order valence-corrected chi connectivity index (χ1v) is 15.1. The van der Waals surface area contributed by atoms with E-state index < -0.39 is 47.8 Å². The van der Waals surface area contributed by atoms with Gasteiger partial charge >= 0.3 is 0 Å². The van der Waals surface area contributed by atoms with Crippen molar-refractivity contribution in [3.8, 4) is 0 Å². The Labute approximate surface area is 262 Å². The van der Waals surface area contributed by atoms with Gasteiger partial charge in [0.15, 0.2) is 0 Å². The van der Waals surface area contributed by atoms with Gasteiger partial charge in [-0.25, -0.2) is 19.8 Å². The maximum atomic E-state index is 14.4. The van der Waals surface area contributed by atoms with E-state index in [2.05, 4.69) is 0 Å². The highest BCUT2D eigenvalue weighted by molar-refractivity contribution is 6.31. The van der Waals surface area contributed by atoms with Gasteiger partial charge in [0.1, 0.15) is 12.1 Å². The summed E-state index contributed by atoms with van der Waals surface area (Å²) in [5.41, 5.74) is 2.39. The second-order valence-corrected chi connectivity index (χ2v) is 12.3. The number of rotatable bonds is 4. The summed E-state index contributed by atoms with van der Waals surface area (Å²) in [5.74, 6) is -3.19. The number of para-hydroxylation sites is 2. The average molecular weight is 623 g/mol. The van der Waals surface area contributed by atoms with E-state index in [4.69, 9.17) is 23.2 Å². The summed E-state index contributed by atoms with van der Waals surface area (Å²) in [6, 6.07) is 28.5. The largest absolute Gasteiger partial charge is 0.274 e. The monoisotopic (exact) mass is 622 g/mol. The van der Waals surface area contributed by atoms with Gasteiger partial charge in [-0.1, -0.05) is 83.9 Å². The molecule has 4 heterocycles. The molecule has 8 rings (SSSR count). The van der Waals surface area contributed by atoms with Gasteiger partial charge in [-0.15, -0.1) is 0 Å². The summed E-state index contributed by atoms with van der Waals surface area (Å²) in [6.45, 7) is 0. The van der Waals surface area contributed by atoms with Crippen LogP contribution in [0.5, 0.6) is 0 Å². The van der Waals surface area contributed by atoms with E-state index in [1.54, 1.807) is 72.8 Å². The van der Waals surface area contributed by atoms with E-state index >= 15 is 0 Å². The van der Waals surface area contributed by atoms with Crippen LogP contribution in [0.25, 0.3) is 0 Å². The number of carbonyl (C=O) groups is 4. The molecule has 4 aliphatic heterocycles. The normalized spacial score (nSPS) is 28.1. The number of hydrogen-bond acceptors (Lipinski definition) is 6. The fraction of sp³-hybridized carbons (Fsp3) is 0.176. The van der Waals surface area contributed by atoms with Crippen molar-refractivity contribution in [2.24, 2.45) is 11.8 Å². The topological polar surface area (TPSA) is 81.2 Å². The quantitative estimate of drug-likeness (QED) is 0.282. The van der Waals surface area contributed by atoms with Crippen LogP contribution >= 0.6 is 23.2 Å². The molecule has 10 heteroatoms. The molecular formula is C34H24Cl2N4O4. The van der Waals surface area contributed by atoms with Crippen LogP contribution in [0.4, 0.5) is 11.4 Å². The van der Waals surface area contributed by atoms with Gasteiger partial charge in [-0.2, -0.15) is 0 Å². The first kappa shape index (κ1) is 27.2. The SMILES string of the molecule is O=C1[C@H]2[C@@H](c3ccc(Cl)cc3)N3[C@H]4C(=O)N(c5ccccc5)C(=O)[C@H]4[C@@H](c4ccc(Cl)cc4)N3[C@H]2C(=O)N1c1ccccc1. The fourth-order valence-electron chi connectivity index (χ4n) is 7.48. The maximum Gasteiger partial charge on any atom is 0.253 e. The number of hydrogen-bond donors (Lipinski definition) is 0. The van der Waals surface area contributed by atoms with Crippen LogP contribution in [0.2, 0.25) is 10.0 Å². The van der Waals surface area contributed by atoms with Crippen molar-refractivity contribution in [3.63, 3.8) is 0 Å². The van der Waals surface area contributed by atoms with E-state index in [0.717, 1.165) is 11.1 Å². The number of amides is 4. The number of fused-ring (bicyclic) bond motifs is 5. The molecule has 4 saturated heterocycles. The lowest BCUT2D eigenvalue weighted by Crippen LogP contribution is -2.50. The molecule has 0 N–H and O–H groups in total. The summed E-state index contributed by atoms with van der Waals surface area (Å²) in [4.78, 5) is 59.9. The molecule has 4 aromatic rings. The third-order valence-corrected chi connectivity index (χ3v) is 9.68. The van der Waals surface area contributed by atoms with Crippen molar-refractivity contribution in [3.05, 3.63) is 130 Å². The van der Waals surface area contributed by atoms with Gasteiger partial charge < -0.3 is 0 Å². The number of hydrazine groups is 1. The van der Waals surface area contributed by atoms with E-state index in [9.17, 15) is 19.2 Å². The minimum atomic E-state index is -0.944. The molecule has 44 heavy (non-hydrogen) atoms. The molecule has 0 saturated carbocycles. The zero-order chi connectivity index (χ0) is 30.3. The molecule has 0 spiro atoms. The van der Waals surface area contributed by atoms with Crippen LogP contribution in [-0.4, -0.2) is 45.7 Å². The Morgan fingerprint density at radius 3 is 1.09 bits per heavy atom. The van der Waals surface area contributed by atoms with Gasteiger partial charge in [-0.05, 0) is 59.7 Å². The van der Waals surface area contributed by atoms with Crippen LogP contribution in [0.1, 0.15) is 23.2 Å². The minimum Gasteiger partial charge on any atom is -0.274 e. The highest BCUT2D eigenvalue weighted by atomic mass is 35.5. The van der Waals surface area contributed by atoms with Crippen LogP contribution in [-0.2, 0) is 19.2 Å². The first-order chi connectivity index (χ1) is 21.4. The predicted octanol–water partition coefficient (Wildman–Crippen LogP) is 5.44. The van der Waals surface area contributed by atoms with Crippen LogP contribution in [0.15, 0.2) is 109 Å². The molecule has 0 aromatic heterocycles. The van der Waals surface area contributed by atoms with Crippen molar-refractivity contribution in [2.45, 2.75) is 24.2 Å². The fourth-order valence-corrected chi connectivity index (χ4v) is 7.73. The number of carbonyl (C=O) groups excluding carboxylic acids is 4. The Morgan fingerprint density at radius 1 is 0.409 bits per heavy atom. The van der Waals surface area contributed by atoms with Crippen molar-refractivity contribution < 1.29 is 19.2 Å². The molecule has 0 aliphatic carbocycles. The number of halogens is 2. The maximum absolute atomic E-state index is 14.4. The number of imide groups is 2. The second kappa shape index (κ2) is 10.1. The van der Waals surface area contributed by atoms with Crippen molar-refractivity contribution in [1.82, 2.24) is 10.0 Å². The number of anilines is 2. The predicted molar refractivity (Wildman–Crippen MR) is 164 cm³/mol. The lowest BCUT2D eigenvalue weighted by Gasteiger charge is -2.35. The van der Waals surface area contributed by atoms with E-state index in [-0.39, 0.29) is 11.8 Å². The average Bonchev–Trinajstić information content (AvgIpc) is 3.70. The summed E-state index contributed by atoms with van der Waals surface area (Å²) < 4.78 is 0. The summed E-state index contributed by atoms with van der Waals surface area (Å²) in [7, 11) is 0. The van der Waals surface area contributed by atoms with Crippen LogP contribution < -0.4 is 9.80 Å². The zero-order valence-corrected chi connectivity index (χ0v) is 24.5. The smallest absolute Gasteiger partial charge is 0.253 e. The molecule has 8 nitrogen and oxygen atoms in total. The summed E-state index contributed by atoms with van der Waals surface area (Å²) in [5, 5.41) is 4.70. The minimum absolute atomic E-state index is 0.358. The lowest BCUT2D eigenvalue weighted by atomic mass is 9.84. The van der Waals surface area contributed by atoms with E-state index in [1.807, 2.05) is 46.4 Å². The van der Waals surface area contributed by atoms with Gasteiger partial charge in [0, 0.05) is 10.0 Å². The molecule has 6 atom stereocenters. The lowest BCUT2D eigenvalue weighted by molar-refractivity contribution is -0.136. The first-order valence-electron chi connectivity index (χ1n) is 14.3. The standard InChI is InChI=1S/C34H24Cl2N4O4/c35-21-15-11-19(12-16-21)27-25-29(33(43)37(31(25)41)23-7-3-1-4-8-23)39-28(20-13-17-22(36)18-14-20)26-30(40(27)39)34(44)38(32(26)42)24-9-5-2-6-10-24/h1-18,25-30H/t25-,26-,27+,28+,29+,30+/m0/s1. The van der Waals surface area contributed by atoms with Gasteiger partial charge in [0.25, 0.3) is 11.8 Å². The Balaban J connectivity index is 1.34. The molecule has 218 valence electrons. The number of benzene rings is 4. The van der Waals surface area contributed by atoms with Crippen molar-refractivity contribution in [1.29, 1.82) is 0 Å². The van der Waals surface area contributed by atoms with Crippen LogP contribution in [0.3, 0.4) is 0 Å². The van der Waals surface area contributed by atoms with Gasteiger partial charge in [0.05, 0.1) is 35.3 Å². The van der Waals surface area contributed by atoms with Crippen LogP contribution in [0, 0.1) is 11.8 Å². The molecule has 4 amide bonds. The Hall–Kier alpha value is -4.34. The van der Waals surface area contributed by atoms with E-state index in [1.165, 1.54) is 9.80 Å². The second-order valence-electron chi connectivity index (χ2n) is 11.4. The zero-order valence-electron chi connectivity index (χ0n) is 23.0. The Kier molecular flexibility index (Phi) is 6.25.